The van der Waals surface area contributed by atoms with Gasteiger partial charge < -0.3 is 10.6 Å². The first kappa shape index (κ1) is 24.4. The molecule has 0 heterocycles. The second-order valence-electron chi connectivity index (χ2n) is 8.90. The van der Waals surface area contributed by atoms with Crippen LogP contribution in [0.25, 0.3) is 0 Å². The number of sulfone groups is 1. The molecule has 2 amide bonds. The number of aryl methyl sites for hydroxylation is 3. The maximum Gasteiger partial charge on any atom is 0.238 e. The maximum atomic E-state index is 12.6. The van der Waals surface area contributed by atoms with Crippen molar-refractivity contribution in [3.8, 4) is 0 Å². The summed E-state index contributed by atoms with van der Waals surface area (Å²) in [5.41, 5.74) is 3.87. The molecule has 0 aromatic heterocycles. The molecule has 0 bridgehead atoms. The van der Waals surface area contributed by atoms with Gasteiger partial charge in [0.05, 0.1) is 5.75 Å². The quantitative estimate of drug-likeness (QED) is 0.648. The van der Waals surface area contributed by atoms with Gasteiger partial charge in [0.15, 0.2) is 9.84 Å². The molecule has 1 atom stereocenters. The third-order valence-electron chi connectivity index (χ3n) is 6.04. The molecule has 1 unspecified atom stereocenters. The van der Waals surface area contributed by atoms with Gasteiger partial charge in [-0.15, -0.1) is 0 Å². The van der Waals surface area contributed by atoms with E-state index in [0.29, 0.717) is 5.92 Å². The highest BCUT2D eigenvalue weighted by atomic mass is 32.2. The molecule has 0 aliphatic heterocycles. The highest BCUT2D eigenvalue weighted by molar-refractivity contribution is 7.92. The Morgan fingerprint density at radius 3 is 2.20 bits per heavy atom. The van der Waals surface area contributed by atoms with Crippen LogP contribution in [0.4, 0.5) is 5.69 Å². The lowest BCUT2D eigenvalue weighted by Gasteiger charge is -2.27. The fraction of sp³-hybridized carbons (Fsp3) is 0.652. The second-order valence-corrected chi connectivity index (χ2v) is 11.3. The Labute approximate surface area is 181 Å². The largest absolute Gasteiger partial charge is 0.352 e. The van der Waals surface area contributed by atoms with Crippen LogP contribution in [0.2, 0.25) is 0 Å². The van der Waals surface area contributed by atoms with Gasteiger partial charge in [0.2, 0.25) is 11.8 Å². The van der Waals surface area contributed by atoms with Crippen LogP contribution in [0.1, 0.15) is 69.1 Å². The van der Waals surface area contributed by atoms with Gasteiger partial charge in [-0.2, -0.15) is 0 Å². The minimum atomic E-state index is -3.60. The Morgan fingerprint density at radius 1 is 1.07 bits per heavy atom. The smallest absolute Gasteiger partial charge is 0.238 e. The van der Waals surface area contributed by atoms with Crippen molar-refractivity contribution < 1.29 is 18.0 Å². The van der Waals surface area contributed by atoms with Crippen LogP contribution < -0.4 is 10.6 Å². The standard InChI is InChI=1S/C23H36N2O4S/c1-15-8-10-20(11-9-15)24-23(27)19(5)30(28,29)12-6-7-21(26)25-22-17(3)13-16(2)14-18(22)4/h13-15,19-20H,6-12H2,1-5H3,(H,24,27)(H,25,26). The molecule has 1 fully saturated rings. The number of benzene rings is 1. The van der Waals surface area contributed by atoms with Crippen LogP contribution in [0, 0.1) is 26.7 Å². The third kappa shape index (κ3) is 6.83. The zero-order valence-electron chi connectivity index (χ0n) is 18.9. The van der Waals surface area contributed by atoms with E-state index in [4.69, 9.17) is 0 Å². The van der Waals surface area contributed by atoms with Crippen LogP contribution in [-0.4, -0.2) is 37.3 Å². The van der Waals surface area contributed by atoms with Crippen LogP contribution in [-0.2, 0) is 19.4 Å². The van der Waals surface area contributed by atoms with Gasteiger partial charge in [0, 0.05) is 18.2 Å². The highest BCUT2D eigenvalue weighted by Gasteiger charge is 2.30. The minimum absolute atomic E-state index is 0.0677. The normalized spacial score (nSPS) is 20.4. The number of rotatable bonds is 8. The van der Waals surface area contributed by atoms with Crippen molar-refractivity contribution in [3.63, 3.8) is 0 Å². The first-order valence-electron chi connectivity index (χ1n) is 10.9. The molecule has 0 radical (unpaired) electrons. The summed E-state index contributed by atoms with van der Waals surface area (Å²) in [6.07, 6.45) is 4.20. The molecule has 1 aromatic rings. The maximum absolute atomic E-state index is 12.6. The molecule has 1 aromatic carbocycles. The Balaban J connectivity index is 1.82. The molecule has 0 spiro atoms. The number of carbonyl (C=O) groups is 2. The van der Waals surface area contributed by atoms with Crippen LogP contribution in [0.5, 0.6) is 0 Å². The first-order chi connectivity index (χ1) is 14.0. The van der Waals surface area contributed by atoms with Crippen LogP contribution in [0.3, 0.4) is 0 Å². The fourth-order valence-corrected chi connectivity index (χ4v) is 5.37. The first-order valence-corrected chi connectivity index (χ1v) is 12.6. The van der Waals surface area contributed by atoms with Gasteiger partial charge in [-0.05, 0) is 76.8 Å². The second kappa shape index (κ2) is 10.4. The number of hydrogen-bond donors (Lipinski definition) is 2. The number of amides is 2. The Morgan fingerprint density at radius 2 is 1.63 bits per heavy atom. The summed E-state index contributed by atoms with van der Waals surface area (Å²) in [6, 6.07) is 4.07. The lowest BCUT2D eigenvalue weighted by molar-refractivity contribution is -0.121. The molecule has 2 rings (SSSR count). The lowest BCUT2D eigenvalue weighted by Crippen LogP contribution is -2.45. The van der Waals surface area contributed by atoms with Crippen LogP contribution >= 0.6 is 0 Å². The zero-order valence-corrected chi connectivity index (χ0v) is 19.7. The van der Waals surface area contributed by atoms with E-state index in [1.807, 2.05) is 32.9 Å². The summed E-state index contributed by atoms with van der Waals surface area (Å²) in [4.78, 5) is 24.7. The molecule has 1 aliphatic carbocycles. The fourth-order valence-electron chi connectivity index (χ4n) is 4.08. The van der Waals surface area contributed by atoms with Gasteiger partial charge >= 0.3 is 0 Å². The van der Waals surface area contributed by atoms with Crippen molar-refractivity contribution in [1.29, 1.82) is 0 Å². The van der Waals surface area contributed by atoms with E-state index in [-0.39, 0.29) is 30.5 Å². The summed E-state index contributed by atoms with van der Waals surface area (Å²) < 4.78 is 25.1. The van der Waals surface area contributed by atoms with Crippen molar-refractivity contribution in [2.24, 2.45) is 5.92 Å². The number of anilines is 1. The molecule has 7 heteroatoms. The van der Waals surface area contributed by atoms with Crippen molar-refractivity contribution in [1.82, 2.24) is 5.32 Å². The van der Waals surface area contributed by atoms with E-state index in [2.05, 4.69) is 17.6 Å². The number of hydrogen-bond acceptors (Lipinski definition) is 4. The van der Waals surface area contributed by atoms with Crippen molar-refractivity contribution in [2.75, 3.05) is 11.1 Å². The summed E-state index contributed by atoms with van der Waals surface area (Å²) in [5.74, 6) is -0.153. The predicted molar refractivity (Wildman–Crippen MR) is 121 cm³/mol. The lowest BCUT2D eigenvalue weighted by atomic mass is 9.87. The van der Waals surface area contributed by atoms with Crippen molar-refractivity contribution >= 4 is 27.3 Å². The van der Waals surface area contributed by atoms with Gasteiger partial charge in [0.25, 0.3) is 0 Å². The monoisotopic (exact) mass is 436 g/mol. The SMILES string of the molecule is Cc1cc(C)c(NC(=O)CCCS(=O)(=O)C(C)C(=O)NC2CCC(C)CC2)c(C)c1. The number of nitrogens with one attached hydrogen (secondary N) is 2. The number of carbonyl (C=O) groups excluding carboxylic acids is 2. The van der Waals surface area contributed by atoms with Crippen LogP contribution in [0.15, 0.2) is 12.1 Å². The third-order valence-corrected chi connectivity index (χ3v) is 8.19. The Hall–Kier alpha value is -1.89. The molecule has 30 heavy (non-hydrogen) atoms. The minimum Gasteiger partial charge on any atom is -0.352 e. The highest BCUT2D eigenvalue weighted by Crippen LogP contribution is 2.24. The van der Waals surface area contributed by atoms with Gasteiger partial charge in [0.1, 0.15) is 5.25 Å². The Kier molecular flexibility index (Phi) is 8.47. The molecule has 2 N–H and O–H groups in total. The van der Waals surface area contributed by atoms with E-state index in [9.17, 15) is 18.0 Å². The van der Waals surface area contributed by atoms with E-state index >= 15 is 0 Å². The van der Waals surface area contributed by atoms with E-state index < -0.39 is 21.0 Å². The summed E-state index contributed by atoms with van der Waals surface area (Å²) in [5, 5.41) is 4.69. The average molecular weight is 437 g/mol. The van der Waals surface area contributed by atoms with E-state index in [0.717, 1.165) is 48.1 Å². The van der Waals surface area contributed by atoms with Gasteiger partial charge in [-0.3, -0.25) is 9.59 Å². The predicted octanol–water partition coefficient (Wildman–Crippen LogP) is 3.83. The molecular formula is C23H36N2O4S. The molecular weight excluding hydrogens is 400 g/mol. The van der Waals surface area contributed by atoms with E-state index in [1.165, 1.54) is 6.92 Å². The Bertz CT molecular complexity index is 848. The summed E-state index contributed by atoms with van der Waals surface area (Å²) in [7, 11) is -3.60. The molecule has 168 valence electrons. The molecule has 0 saturated heterocycles. The van der Waals surface area contributed by atoms with Crippen molar-refractivity contribution in [3.05, 3.63) is 28.8 Å². The zero-order chi connectivity index (χ0) is 22.5. The summed E-state index contributed by atoms with van der Waals surface area (Å²) in [6.45, 7) is 9.52. The average Bonchev–Trinajstić information content (AvgIpc) is 2.65. The topological polar surface area (TPSA) is 92.3 Å². The van der Waals surface area contributed by atoms with Gasteiger partial charge in [-0.1, -0.05) is 24.6 Å². The van der Waals surface area contributed by atoms with E-state index in [1.54, 1.807) is 0 Å². The molecule has 1 saturated carbocycles. The molecule has 6 nitrogen and oxygen atoms in total. The molecule has 1 aliphatic rings. The van der Waals surface area contributed by atoms with Gasteiger partial charge in [-0.25, -0.2) is 8.42 Å². The van der Waals surface area contributed by atoms with Crippen molar-refractivity contribution in [2.45, 2.75) is 84.4 Å². The summed E-state index contributed by atoms with van der Waals surface area (Å²) >= 11 is 0.